The molecule has 0 rings (SSSR count). The van der Waals surface area contributed by atoms with Crippen LogP contribution in [0.1, 0.15) is 90.9 Å². The minimum atomic E-state index is -0.981. The average Bonchev–Trinajstić information content (AvgIpc) is 2.40. The Labute approximate surface area is 130 Å². The maximum Gasteiger partial charge on any atom is 0.0713 e. The molecule has 0 nitrogen and oxygen atoms in total. The first-order chi connectivity index (χ1) is 9.62. The first kappa shape index (κ1) is 20.0. The van der Waals surface area contributed by atoms with Crippen molar-refractivity contribution in [3.63, 3.8) is 0 Å². The van der Waals surface area contributed by atoms with Crippen LogP contribution < -0.4 is 0 Å². The predicted molar refractivity (Wildman–Crippen MR) is 98.2 cm³/mol. The van der Waals surface area contributed by atoms with Gasteiger partial charge in [-0.15, -0.1) is 0 Å². The summed E-state index contributed by atoms with van der Waals surface area (Å²) in [5, 5.41) is 0. The summed E-state index contributed by atoms with van der Waals surface area (Å²) in [6.45, 7) is 9.59. The second-order valence-corrected chi connectivity index (χ2v) is 11.9. The van der Waals surface area contributed by atoms with Crippen LogP contribution in [0.25, 0.3) is 0 Å². The summed E-state index contributed by atoms with van der Waals surface area (Å²) in [5.41, 5.74) is 2.57. The molecule has 20 heavy (non-hydrogen) atoms. The molecule has 0 aliphatic heterocycles. The Hall–Kier alpha value is -0.0431. The van der Waals surface area contributed by atoms with E-state index in [1.165, 1.54) is 83.1 Å². The average molecular weight is 297 g/mol. The van der Waals surface area contributed by atoms with Crippen molar-refractivity contribution in [2.24, 2.45) is 0 Å². The summed E-state index contributed by atoms with van der Waals surface area (Å²) < 4.78 is 0. The summed E-state index contributed by atoms with van der Waals surface area (Å²) in [6.07, 6.45) is 19.6. The minimum Gasteiger partial charge on any atom is -0.0986 e. The van der Waals surface area contributed by atoms with Crippen molar-refractivity contribution >= 4 is 8.07 Å². The van der Waals surface area contributed by atoms with Crippen LogP contribution in [0.2, 0.25) is 19.1 Å². The van der Waals surface area contributed by atoms with Crippen LogP contribution in [0.3, 0.4) is 0 Å². The quantitative estimate of drug-likeness (QED) is 0.230. The van der Waals surface area contributed by atoms with E-state index in [9.17, 15) is 0 Å². The second-order valence-electron chi connectivity index (χ2n) is 7.11. The third kappa shape index (κ3) is 14.4. The Kier molecular flexibility index (Phi) is 13.9. The zero-order valence-electron chi connectivity index (χ0n) is 14.8. The van der Waals surface area contributed by atoms with Crippen LogP contribution in [0.15, 0.2) is 11.8 Å². The van der Waals surface area contributed by atoms with E-state index < -0.39 is 8.07 Å². The molecule has 0 aromatic carbocycles. The standard InChI is InChI=1S/C19H40Si/c1-5-7-8-9-10-11-12-13-14-15-16-17-19-20(3,4)18-6-2/h17,19H,5-16,18H2,1-4H3/b19-17+. The van der Waals surface area contributed by atoms with E-state index in [0.29, 0.717) is 0 Å². The van der Waals surface area contributed by atoms with E-state index in [4.69, 9.17) is 0 Å². The molecule has 0 atom stereocenters. The topological polar surface area (TPSA) is 0 Å². The van der Waals surface area contributed by atoms with Gasteiger partial charge >= 0.3 is 0 Å². The van der Waals surface area contributed by atoms with Crippen molar-refractivity contribution < 1.29 is 0 Å². The molecule has 1 heteroatoms. The monoisotopic (exact) mass is 296 g/mol. The Bertz CT molecular complexity index is 218. The first-order valence-corrected chi connectivity index (χ1v) is 12.6. The van der Waals surface area contributed by atoms with Gasteiger partial charge in [-0.25, -0.2) is 0 Å². The molecule has 0 bridgehead atoms. The highest BCUT2D eigenvalue weighted by Crippen LogP contribution is 2.15. The molecule has 0 aliphatic rings. The predicted octanol–water partition coefficient (Wildman–Crippen LogP) is 7.51. The molecule has 0 saturated heterocycles. The normalized spacial score (nSPS) is 12.4. The molecule has 0 fully saturated rings. The van der Waals surface area contributed by atoms with Gasteiger partial charge in [0.1, 0.15) is 0 Å². The van der Waals surface area contributed by atoms with Gasteiger partial charge in [0.2, 0.25) is 0 Å². The minimum absolute atomic E-state index is 0.981. The van der Waals surface area contributed by atoms with E-state index >= 15 is 0 Å². The zero-order chi connectivity index (χ0) is 15.1. The van der Waals surface area contributed by atoms with Crippen molar-refractivity contribution in [3.8, 4) is 0 Å². The fourth-order valence-corrected chi connectivity index (χ4v) is 5.14. The molecular weight excluding hydrogens is 256 g/mol. The number of rotatable bonds is 14. The molecule has 0 radical (unpaired) electrons. The summed E-state index contributed by atoms with van der Waals surface area (Å²) in [7, 11) is -0.981. The molecule has 0 saturated carbocycles. The maximum absolute atomic E-state index is 2.57. The van der Waals surface area contributed by atoms with Gasteiger partial charge in [0.15, 0.2) is 0 Å². The zero-order valence-corrected chi connectivity index (χ0v) is 15.8. The van der Waals surface area contributed by atoms with Gasteiger partial charge in [-0.2, -0.15) is 0 Å². The maximum atomic E-state index is 2.57. The number of allylic oxidation sites excluding steroid dienone is 1. The van der Waals surface area contributed by atoms with E-state index in [1.54, 1.807) is 0 Å². The van der Waals surface area contributed by atoms with E-state index in [2.05, 4.69) is 38.7 Å². The third-order valence-electron chi connectivity index (χ3n) is 4.19. The molecule has 0 aliphatic carbocycles. The van der Waals surface area contributed by atoms with Crippen LogP contribution in [-0.4, -0.2) is 8.07 Å². The van der Waals surface area contributed by atoms with Crippen LogP contribution in [0.5, 0.6) is 0 Å². The van der Waals surface area contributed by atoms with E-state index in [0.717, 1.165) is 0 Å². The lowest BCUT2D eigenvalue weighted by molar-refractivity contribution is 0.557. The lowest BCUT2D eigenvalue weighted by atomic mass is 10.1. The Balaban J connectivity index is 3.26. The second kappa shape index (κ2) is 13.9. The highest BCUT2D eigenvalue weighted by Gasteiger charge is 2.13. The largest absolute Gasteiger partial charge is 0.0986 e. The van der Waals surface area contributed by atoms with Crippen molar-refractivity contribution in [2.75, 3.05) is 0 Å². The molecule has 0 heterocycles. The van der Waals surface area contributed by atoms with E-state index in [-0.39, 0.29) is 0 Å². The van der Waals surface area contributed by atoms with E-state index in [1.807, 2.05) is 0 Å². The number of unbranched alkanes of at least 4 members (excludes halogenated alkanes) is 10. The lowest BCUT2D eigenvalue weighted by Crippen LogP contribution is -2.21. The fraction of sp³-hybridized carbons (Fsp3) is 0.895. The molecule has 0 spiro atoms. The summed E-state index contributed by atoms with van der Waals surface area (Å²) >= 11 is 0. The highest BCUT2D eigenvalue weighted by atomic mass is 28.3. The molecular formula is C19H40Si. The molecule has 0 aromatic rings. The van der Waals surface area contributed by atoms with Crippen LogP contribution in [0.4, 0.5) is 0 Å². The Morgan fingerprint density at radius 2 is 1.15 bits per heavy atom. The highest BCUT2D eigenvalue weighted by molar-refractivity contribution is 6.82. The van der Waals surface area contributed by atoms with Gasteiger partial charge in [-0.1, -0.05) is 109 Å². The summed E-state index contributed by atoms with van der Waals surface area (Å²) in [6, 6.07) is 1.45. The van der Waals surface area contributed by atoms with Crippen LogP contribution in [0, 0.1) is 0 Å². The summed E-state index contributed by atoms with van der Waals surface area (Å²) in [5.74, 6) is 0. The number of hydrogen-bond acceptors (Lipinski definition) is 0. The van der Waals surface area contributed by atoms with Crippen LogP contribution >= 0.6 is 0 Å². The van der Waals surface area contributed by atoms with Gasteiger partial charge in [0.25, 0.3) is 0 Å². The smallest absolute Gasteiger partial charge is 0.0713 e. The van der Waals surface area contributed by atoms with Crippen molar-refractivity contribution in [2.45, 2.75) is 110 Å². The molecule has 120 valence electrons. The Morgan fingerprint density at radius 3 is 1.65 bits per heavy atom. The van der Waals surface area contributed by atoms with Gasteiger partial charge in [-0.05, 0) is 12.8 Å². The van der Waals surface area contributed by atoms with Crippen LogP contribution in [-0.2, 0) is 0 Å². The SMILES string of the molecule is CCCCCCCCCCCC/C=C/[Si](C)(C)CCC. The molecule has 0 aromatic heterocycles. The van der Waals surface area contributed by atoms with Crippen molar-refractivity contribution in [1.29, 1.82) is 0 Å². The van der Waals surface area contributed by atoms with Gasteiger partial charge in [0.05, 0.1) is 8.07 Å². The lowest BCUT2D eigenvalue weighted by Gasteiger charge is -2.15. The van der Waals surface area contributed by atoms with Gasteiger partial charge < -0.3 is 0 Å². The first-order valence-electron chi connectivity index (χ1n) is 9.30. The van der Waals surface area contributed by atoms with Gasteiger partial charge in [-0.3, -0.25) is 0 Å². The Morgan fingerprint density at radius 1 is 0.650 bits per heavy atom. The third-order valence-corrected chi connectivity index (χ3v) is 7.11. The van der Waals surface area contributed by atoms with Crippen molar-refractivity contribution in [3.05, 3.63) is 11.8 Å². The number of hydrogen-bond donors (Lipinski definition) is 0. The van der Waals surface area contributed by atoms with Gasteiger partial charge in [0, 0.05) is 0 Å². The fourth-order valence-electron chi connectivity index (χ4n) is 2.88. The molecule has 0 unspecified atom stereocenters. The molecule has 0 amide bonds. The summed E-state index contributed by atoms with van der Waals surface area (Å²) in [4.78, 5) is 0. The molecule has 0 N–H and O–H groups in total. The van der Waals surface area contributed by atoms with Crippen molar-refractivity contribution in [1.82, 2.24) is 0 Å².